The predicted octanol–water partition coefficient (Wildman–Crippen LogP) is 5.17. The van der Waals surface area contributed by atoms with E-state index in [1.807, 2.05) is 62.4 Å². The van der Waals surface area contributed by atoms with Crippen LogP contribution in [0, 0.1) is 6.92 Å². The highest BCUT2D eigenvalue weighted by Crippen LogP contribution is 2.25. The Hall–Kier alpha value is -3.81. The molecule has 0 unspecified atom stereocenters. The average molecular weight is 433 g/mol. The second kappa shape index (κ2) is 10.00. The van der Waals surface area contributed by atoms with E-state index in [9.17, 15) is 4.79 Å². The van der Waals surface area contributed by atoms with Crippen LogP contribution in [0.5, 0.6) is 5.75 Å². The maximum atomic E-state index is 12.4. The highest BCUT2D eigenvalue weighted by atomic mass is 16.5. The number of ether oxygens (including phenoxy) is 1. The molecule has 2 aromatic carbocycles. The van der Waals surface area contributed by atoms with E-state index in [1.54, 1.807) is 6.07 Å². The number of carbonyl (C=O) groups excluding carboxylic acids is 1. The first kappa shape index (κ1) is 21.4. The summed E-state index contributed by atoms with van der Waals surface area (Å²) in [4.78, 5) is 23.8. The fourth-order valence-electron chi connectivity index (χ4n) is 3.62. The molecular weight excluding hydrogens is 404 g/mol. The molecule has 3 aromatic rings. The number of para-hydroxylation sites is 2. The second-order valence-electron chi connectivity index (χ2n) is 7.60. The monoisotopic (exact) mass is 432 g/mol. The van der Waals surface area contributed by atoms with Crippen LogP contribution >= 0.6 is 0 Å². The van der Waals surface area contributed by atoms with E-state index in [0.717, 1.165) is 30.3 Å². The van der Waals surface area contributed by atoms with E-state index in [0.29, 0.717) is 29.7 Å². The van der Waals surface area contributed by atoms with Crippen LogP contribution in [0.15, 0.2) is 54.6 Å². The van der Waals surface area contributed by atoms with Gasteiger partial charge in [0.05, 0.1) is 12.3 Å². The van der Waals surface area contributed by atoms with Gasteiger partial charge in [-0.15, -0.1) is 0 Å². The molecule has 0 bridgehead atoms. The number of anilines is 5. The number of benzene rings is 2. The molecule has 0 aliphatic carbocycles. The number of carbonyl (C=O) groups is 1. The SMILES string of the molecule is CCOc1ccccc1NC(=O)Nc1ccc(Nc2nc(C)cc(N3CCCC3)n2)cc1. The van der Waals surface area contributed by atoms with Crippen molar-refractivity contribution in [1.29, 1.82) is 0 Å². The summed E-state index contributed by atoms with van der Waals surface area (Å²) in [6.07, 6.45) is 2.40. The largest absolute Gasteiger partial charge is 0.492 e. The van der Waals surface area contributed by atoms with Crippen molar-refractivity contribution in [3.63, 3.8) is 0 Å². The van der Waals surface area contributed by atoms with Gasteiger partial charge in [-0.25, -0.2) is 9.78 Å². The van der Waals surface area contributed by atoms with Crippen molar-refractivity contribution in [2.75, 3.05) is 40.5 Å². The third-order valence-electron chi connectivity index (χ3n) is 5.10. The molecule has 1 saturated heterocycles. The lowest BCUT2D eigenvalue weighted by atomic mass is 10.2. The van der Waals surface area contributed by atoms with Crippen molar-refractivity contribution in [2.24, 2.45) is 0 Å². The Labute approximate surface area is 188 Å². The normalized spacial score (nSPS) is 13.0. The third kappa shape index (κ3) is 5.46. The number of nitrogens with zero attached hydrogens (tertiary/aromatic N) is 3. The molecule has 1 aliphatic rings. The highest BCUT2D eigenvalue weighted by Gasteiger charge is 2.15. The van der Waals surface area contributed by atoms with Gasteiger partial charge in [-0.05, 0) is 63.1 Å². The first-order valence-corrected chi connectivity index (χ1v) is 10.9. The molecular formula is C24H28N6O2. The van der Waals surface area contributed by atoms with Crippen molar-refractivity contribution in [1.82, 2.24) is 9.97 Å². The molecule has 0 radical (unpaired) electrons. The van der Waals surface area contributed by atoms with Gasteiger partial charge in [0, 0.05) is 36.2 Å². The van der Waals surface area contributed by atoms with Gasteiger partial charge in [0.25, 0.3) is 0 Å². The minimum absolute atomic E-state index is 0.338. The molecule has 8 nitrogen and oxygen atoms in total. The number of nitrogens with one attached hydrogen (secondary N) is 3. The summed E-state index contributed by atoms with van der Waals surface area (Å²) in [5, 5.41) is 8.91. The van der Waals surface area contributed by atoms with Gasteiger partial charge < -0.3 is 25.6 Å². The molecule has 0 spiro atoms. The summed E-state index contributed by atoms with van der Waals surface area (Å²) in [6, 6.07) is 16.4. The van der Waals surface area contributed by atoms with Crippen LogP contribution in [0.2, 0.25) is 0 Å². The van der Waals surface area contributed by atoms with Gasteiger partial charge in [-0.2, -0.15) is 4.98 Å². The van der Waals surface area contributed by atoms with Gasteiger partial charge in [0.2, 0.25) is 5.95 Å². The van der Waals surface area contributed by atoms with Crippen molar-refractivity contribution in [3.8, 4) is 5.75 Å². The smallest absolute Gasteiger partial charge is 0.323 e. The van der Waals surface area contributed by atoms with Crippen molar-refractivity contribution in [2.45, 2.75) is 26.7 Å². The summed E-state index contributed by atoms with van der Waals surface area (Å²) >= 11 is 0. The number of rotatable bonds is 7. The van der Waals surface area contributed by atoms with Crippen molar-refractivity contribution >= 4 is 34.9 Å². The number of hydrogen-bond donors (Lipinski definition) is 3. The minimum atomic E-state index is -0.338. The number of hydrogen-bond acceptors (Lipinski definition) is 6. The fraction of sp³-hybridized carbons (Fsp3) is 0.292. The van der Waals surface area contributed by atoms with Gasteiger partial charge in [0.15, 0.2) is 0 Å². The van der Waals surface area contributed by atoms with E-state index in [1.165, 1.54) is 12.8 Å². The van der Waals surface area contributed by atoms with Crippen LogP contribution in [-0.2, 0) is 0 Å². The molecule has 8 heteroatoms. The fourth-order valence-corrected chi connectivity index (χ4v) is 3.62. The maximum absolute atomic E-state index is 12.4. The number of urea groups is 1. The first-order valence-electron chi connectivity index (χ1n) is 10.9. The molecule has 4 rings (SSSR count). The zero-order chi connectivity index (χ0) is 22.3. The lowest BCUT2D eigenvalue weighted by Crippen LogP contribution is -2.20. The summed E-state index contributed by atoms with van der Waals surface area (Å²) in [5.74, 6) is 2.16. The lowest BCUT2D eigenvalue weighted by Gasteiger charge is -2.17. The van der Waals surface area contributed by atoms with Gasteiger partial charge in [0.1, 0.15) is 11.6 Å². The Morgan fingerprint density at radius 2 is 1.72 bits per heavy atom. The number of aryl methyl sites for hydroxylation is 1. The summed E-state index contributed by atoms with van der Waals surface area (Å²) in [7, 11) is 0. The Bertz CT molecular complexity index is 1060. The van der Waals surface area contributed by atoms with Crippen molar-refractivity contribution in [3.05, 3.63) is 60.3 Å². The first-order chi connectivity index (χ1) is 15.6. The minimum Gasteiger partial charge on any atom is -0.492 e. The number of aromatic nitrogens is 2. The van der Waals surface area contributed by atoms with Crippen LogP contribution in [0.4, 0.5) is 33.6 Å². The van der Waals surface area contributed by atoms with Gasteiger partial charge in [-0.3, -0.25) is 0 Å². The summed E-state index contributed by atoms with van der Waals surface area (Å²) < 4.78 is 5.54. The summed E-state index contributed by atoms with van der Waals surface area (Å²) in [6.45, 7) is 6.48. The van der Waals surface area contributed by atoms with E-state index in [-0.39, 0.29) is 6.03 Å². The molecule has 1 fully saturated rings. The van der Waals surface area contributed by atoms with Gasteiger partial charge in [-0.1, -0.05) is 12.1 Å². The van der Waals surface area contributed by atoms with Crippen LogP contribution < -0.4 is 25.6 Å². The Kier molecular flexibility index (Phi) is 6.69. The molecule has 3 N–H and O–H groups in total. The molecule has 2 heterocycles. The number of amides is 2. The molecule has 2 amide bonds. The Morgan fingerprint density at radius 3 is 2.47 bits per heavy atom. The Balaban J connectivity index is 1.38. The summed E-state index contributed by atoms with van der Waals surface area (Å²) in [5.41, 5.74) is 3.06. The predicted molar refractivity (Wildman–Crippen MR) is 128 cm³/mol. The van der Waals surface area contributed by atoms with Crippen LogP contribution in [0.25, 0.3) is 0 Å². The third-order valence-corrected chi connectivity index (χ3v) is 5.10. The molecule has 0 saturated carbocycles. The second-order valence-corrected chi connectivity index (χ2v) is 7.60. The van der Waals surface area contributed by atoms with E-state index >= 15 is 0 Å². The van der Waals surface area contributed by atoms with Crippen LogP contribution in [0.1, 0.15) is 25.5 Å². The molecule has 166 valence electrons. The van der Waals surface area contributed by atoms with Crippen LogP contribution in [-0.4, -0.2) is 35.7 Å². The zero-order valence-electron chi connectivity index (χ0n) is 18.4. The van der Waals surface area contributed by atoms with E-state index < -0.39 is 0 Å². The average Bonchev–Trinajstić information content (AvgIpc) is 3.31. The zero-order valence-corrected chi connectivity index (χ0v) is 18.4. The lowest BCUT2D eigenvalue weighted by molar-refractivity contribution is 0.262. The van der Waals surface area contributed by atoms with Crippen LogP contribution in [0.3, 0.4) is 0 Å². The molecule has 1 aromatic heterocycles. The van der Waals surface area contributed by atoms with Crippen molar-refractivity contribution < 1.29 is 9.53 Å². The Morgan fingerprint density at radius 1 is 1.00 bits per heavy atom. The highest BCUT2D eigenvalue weighted by molar-refractivity contribution is 6.00. The standard InChI is InChI=1S/C24H28N6O2/c1-3-32-21-9-5-4-8-20(21)28-24(31)27-19-12-10-18(11-13-19)26-23-25-17(2)16-22(29-23)30-14-6-7-15-30/h4-5,8-13,16H,3,6-7,14-15H2,1-2H3,(H,25,26,29)(H2,27,28,31). The topological polar surface area (TPSA) is 91.4 Å². The molecule has 1 aliphatic heterocycles. The van der Waals surface area contributed by atoms with Gasteiger partial charge >= 0.3 is 6.03 Å². The van der Waals surface area contributed by atoms with E-state index in [4.69, 9.17) is 4.74 Å². The maximum Gasteiger partial charge on any atom is 0.323 e. The molecule has 0 atom stereocenters. The quantitative estimate of drug-likeness (QED) is 0.477. The molecule has 32 heavy (non-hydrogen) atoms. The van der Waals surface area contributed by atoms with E-state index in [2.05, 4.69) is 30.8 Å².